The van der Waals surface area contributed by atoms with Crippen LogP contribution in [0.2, 0.25) is 0 Å². The third-order valence-electron chi connectivity index (χ3n) is 2.25. The van der Waals surface area contributed by atoms with Crippen molar-refractivity contribution in [1.29, 1.82) is 0 Å². The molecule has 0 saturated heterocycles. The fourth-order valence-corrected chi connectivity index (χ4v) is 1.74. The molecule has 0 amide bonds. The van der Waals surface area contributed by atoms with Gasteiger partial charge in [0, 0.05) is 0 Å². The van der Waals surface area contributed by atoms with Crippen molar-refractivity contribution in [1.82, 2.24) is 25.0 Å². The van der Waals surface area contributed by atoms with Crippen molar-refractivity contribution < 1.29 is 9.84 Å². The quantitative estimate of drug-likeness (QED) is 0.661. The van der Waals surface area contributed by atoms with E-state index in [4.69, 9.17) is 15.6 Å². The van der Waals surface area contributed by atoms with Crippen LogP contribution in [0.3, 0.4) is 0 Å². The largest absolute Gasteiger partial charge is 0.394 e. The maximum atomic E-state index is 9.14. The number of nitrogen functional groups attached to an aromatic ring is 1. The Labute approximate surface area is 99.4 Å². The lowest BCUT2D eigenvalue weighted by Crippen LogP contribution is -2.24. The topological polar surface area (TPSA) is 112 Å². The highest BCUT2D eigenvalue weighted by molar-refractivity contribution is 7.16. The number of fused-ring (bicyclic) bond motifs is 1. The average molecular weight is 256 g/mol. The summed E-state index contributed by atoms with van der Waals surface area (Å²) in [6.45, 7) is 0.238. The predicted octanol–water partition coefficient (Wildman–Crippen LogP) is -0.986. The first-order chi connectivity index (χ1) is 8.26. The summed E-state index contributed by atoms with van der Waals surface area (Å²) in [5.74, 6) is 0.308. The summed E-state index contributed by atoms with van der Waals surface area (Å²) in [6.07, 6.45) is 1.40. The van der Waals surface area contributed by atoms with Gasteiger partial charge < -0.3 is 15.6 Å². The lowest BCUT2D eigenvalue weighted by Gasteiger charge is -2.13. The second-order valence-electron chi connectivity index (χ2n) is 3.34. The van der Waals surface area contributed by atoms with Gasteiger partial charge in [-0.3, -0.25) is 0 Å². The molecule has 9 heteroatoms. The van der Waals surface area contributed by atoms with Crippen molar-refractivity contribution in [3.8, 4) is 0 Å². The number of anilines is 1. The Balaban J connectivity index is 2.29. The van der Waals surface area contributed by atoms with Crippen molar-refractivity contribution in [2.24, 2.45) is 0 Å². The number of rotatable bonds is 5. The number of aromatic nitrogens is 5. The molecule has 8 nitrogen and oxygen atoms in total. The Hall–Kier alpha value is -1.37. The van der Waals surface area contributed by atoms with E-state index < -0.39 is 0 Å². The molecule has 0 fully saturated rings. The first-order valence-corrected chi connectivity index (χ1v) is 5.80. The SMILES string of the molecule is Nc1ncnc2nnn(CC(CO)OCP)c12. The Kier molecular flexibility index (Phi) is 3.78. The van der Waals surface area contributed by atoms with E-state index >= 15 is 0 Å². The summed E-state index contributed by atoms with van der Waals surface area (Å²) in [6, 6.07) is 0. The van der Waals surface area contributed by atoms with E-state index in [-0.39, 0.29) is 12.7 Å². The molecule has 0 radical (unpaired) electrons. The molecule has 0 bridgehead atoms. The summed E-state index contributed by atoms with van der Waals surface area (Å²) in [5.41, 5.74) is 6.72. The van der Waals surface area contributed by atoms with Crippen LogP contribution >= 0.6 is 9.24 Å². The second kappa shape index (κ2) is 5.31. The van der Waals surface area contributed by atoms with Crippen LogP contribution in [0.25, 0.3) is 11.2 Å². The lowest BCUT2D eigenvalue weighted by molar-refractivity contribution is 0.0266. The Morgan fingerprint density at radius 2 is 2.35 bits per heavy atom. The Bertz CT molecular complexity index is 504. The van der Waals surface area contributed by atoms with Crippen molar-refractivity contribution in [2.75, 3.05) is 18.7 Å². The van der Waals surface area contributed by atoms with Crippen molar-refractivity contribution >= 4 is 26.2 Å². The van der Waals surface area contributed by atoms with Gasteiger partial charge in [-0.15, -0.1) is 14.3 Å². The smallest absolute Gasteiger partial charge is 0.207 e. The van der Waals surface area contributed by atoms with E-state index in [0.29, 0.717) is 29.9 Å². The predicted molar refractivity (Wildman–Crippen MR) is 64.1 cm³/mol. The van der Waals surface area contributed by atoms with E-state index in [1.807, 2.05) is 0 Å². The van der Waals surface area contributed by atoms with E-state index in [9.17, 15) is 0 Å². The third-order valence-corrected chi connectivity index (χ3v) is 2.44. The molecule has 17 heavy (non-hydrogen) atoms. The van der Waals surface area contributed by atoms with Gasteiger partial charge in [0.05, 0.1) is 19.5 Å². The van der Waals surface area contributed by atoms with Gasteiger partial charge in [-0.25, -0.2) is 14.6 Å². The van der Waals surface area contributed by atoms with Crippen LogP contribution in [0.4, 0.5) is 5.82 Å². The molecule has 0 aliphatic rings. The minimum absolute atomic E-state index is 0.108. The molecule has 2 aromatic rings. The molecule has 0 aliphatic carbocycles. The van der Waals surface area contributed by atoms with Crippen LogP contribution in [0.5, 0.6) is 0 Å². The van der Waals surface area contributed by atoms with Gasteiger partial charge in [-0.2, -0.15) is 0 Å². The number of nitrogens with zero attached hydrogens (tertiary/aromatic N) is 5. The molecular weight excluding hydrogens is 243 g/mol. The highest BCUT2D eigenvalue weighted by atomic mass is 31.0. The van der Waals surface area contributed by atoms with Crippen LogP contribution in [0, 0.1) is 0 Å². The molecule has 0 aliphatic heterocycles. The van der Waals surface area contributed by atoms with Crippen LogP contribution < -0.4 is 5.73 Å². The summed E-state index contributed by atoms with van der Waals surface area (Å²) < 4.78 is 6.83. The zero-order valence-electron chi connectivity index (χ0n) is 9.02. The lowest BCUT2D eigenvalue weighted by atomic mass is 10.3. The van der Waals surface area contributed by atoms with Crippen LogP contribution in [0.1, 0.15) is 0 Å². The fraction of sp³-hybridized carbons (Fsp3) is 0.500. The molecule has 2 atom stereocenters. The fourth-order valence-electron chi connectivity index (χ4n) is 1.46. The summed E-state index contributed by atoms with van der Waals surface area (Å²) in [5, 5.41) is 16.9. The molecular formula is C8H13N6O2P. The standard InChI is InChI=1S/C8H13N6O2P/c9-7-6-8(11-3-10-7)12-13-14(6)1-5(2-15)16-4-17/h3,5,15H,1-2,4,17H2,(H2,9,10,11). The Morgan fingerprint density at radius 3 is 3.06 bits per heavy atom. The number of nitrogens with two attached hydrogens (primary N) is 1. The summed E-state index contributed by atoms with van der Waals surface area (Å²) in [4.78, 5) is 7.83. The number of hydrogen-bond donors (Lipinski definition) is 2. The average Bonchev–Trinajstić information content (AvgIpc) is 2.73. The molecule has 2 aromatic heterocycles. The molecule has 0 saturated carbocycles. The van der Waals surface area contributed by atoms with E-state index in [1.165, 1.54) is 11.0 Å². The van der Waals surface area contributed by atoms with Crippen LogP contribution in [-0.2, 0) is 11.3 Å². The van der Waals surface area contributed by atoms with E-state index in [0.717, 1.165) is 0 Å². The number of hydrogen-bond acceptors (Lipinski definition) is 7. The highest BCUT2D eigenvalue weighted by Crippen LogP contribution is 2.14. The maximum Gasteiger partial charge on any atom is 0.207 e. The first kappa shape index (κ1) is 12.1. The minimum Gasteiger partial charge on any atom is -0.394 e. The number of aliphatic hydroxyl groups is 1. The zero-order valence-corrected chi connectivity index (χ0v) is 10.2. The van der Waals surface area contributed by atoms with Gasteiger partial charge >= 0.3 is 0 Å². The van der Waals surface area contributed by atoms with E-state index in [2.05, 4.69) is 29.5 Å². The first-order valence-electron chi connectivity index (χ1n) is 4.98. The summed E-state index contributed by atoms with van der Waals surface area (Å²) in [7, 11) is 2.43. The van der Waals surface area contributed by atoms with Crippen LogP contribution in [0.15, 0.2) is 6.33 Å². The molecule has 92 valence electrons. The molecule has 0 spiro atoms. The number of ether oxygens (including phenoxy) is 1. The summed E-state index contributed by atoms with van der Waals surface area (Å²) >= 11 is 0. The monoisotopic (exact) mass is 256 g/mol. The highest BCUT2D eigenvalue weighted by Gasteiger charge is 2.14. The van der Waals surface area contributed by atoms with Gasteiger partial charge in [0.2, 0.25) is 5.65 Å². The van der Waals surface area contributed by atoms with Gasteiger partial charge in [0.25, 0.3) is 0 Å². The third kappa shape index (κ3) is 2.49. The van der Waals surface area contributed by atoms with Gasteiger partial charge in [0.1, 0.15) is 17.9 Å². The van der Waals surface area contributed by atoms with Crippen molar-refractivity contribution in [2.45, 2.75) is 12.6 Å². The molecule has 0 aromatic carbocycles. The van der Waals surface area contributed by atoms with Gasteiger partial charge in [-0.05, 0) is 0 Å². The zero-order chi connectivity index (χ0) is 12.3. The second-order valence-corrected chi connectivity index (χ2v) is 3.67. The molecule has 2 rings (SSSR count). The minimum atomic E-state index is -0.364. The molecule has 3 N–H and O–H groups in total. The van der Waals surface area contributed by atoms with E-state index in [1.54, 1.807) is 0 Å². The normalized spacial score (nSPS) is 13.1. The van der Waals surface area contributed by atoms with Crippen molar-refractivity contribution in [3.63, 3.8) is 0 Å². The number of aliphatic hydroxyl groups excluding tert-OH is 1. The maximum absolute atomic E-state index is 9.14. The molecule has 2 unspecified atom stereocenters. The van der Waals surface area contributed by atoms with Crippen molar-refractivity contribution in [3.05, 3.63) is 6.33 Å². The van der Waals surface area contributed by atoms with Crippen LogP contribution in [-0.4, -0.2) is 49.1 Å². The van der Waals surface area contributed by atoms with Gasteiger partial charge in [-0.1, -0.05) is 5.21 Å². The molecule has 2 heterocycles. The van der Waals surface area contributed by atoms with Gasteiger partial charge in [0.15, 0.2) is 5.82 Å². The Morgan fingerprint density at radius 1 is 1.53 bits per heavy atom.